The third-order valence-corrected chi connectivity index (χ3v) is 2.43. The molecule has 0 bridgehead atoms. The summed E-state index contributed by atoms with van der Waals surface area (Å²) >= 11 is 1.50. The van der Waals surface area contributed by atoms with Crippen molar-refractivity contribution in [1.29, 1.82) is 0 Å². The maximum absolute atomic E-state index is 10.5. The summed E-state index contributed by atoms with van der Waals surface area (Å²) in [7, 11) is 0. The summed E-state index contributed by atoms with van der Waals surface area (Å²) in [6.45, 7) is 0. The first-order chi connectivity index (χ1) is 5.42. The topological polar surface area (TPSA) is 30.0 Å². The molecule has 2 nitrogen and oxygen atoms in total. The molecule has 2 aromatic rings. The molecule has 0 aliphatic rings. The van der Waals surface area contributed by atoms with Crippen molar-refractivity contribution in [3.8, 4) is 0 Å². The monoisotopic (exact) mass is 163 g/mol. The van der Waals surface area contributed by atoms with E-state index in [-0.39, 0.29) is 0 Å². The Morgan fingerprint density at radius 3 is 3.27 bits per heavy atom. The van der Waals surface area contributed by atoms with Crippen molar-refractivity contribution in [1.82, 2.24) is 4.98 Å². The molecule has 0 N–H and O–H groups in total. The second-order valence-corrected chi connectivity index (χ2v) is 3.02. The van der Waals surface area contributed by atoms with Crippen LogP contribution in [0.3, 0.4) is 0 Å². The maximum atomic E-state index is 10.5. The molecule has 2 aromatic heterocycles. The van der Waals surface area contributed by atoms with Gasteiger partial charge in [-0.2, -0.15) is 0 Å². The molecule has 0 saturated carbocycles. The fourth-order valence-corrected chi connectivity index (χ4v) is 1.83. The number of rotatable bonds is 1. The van der Waals surface area contributed by atoms with Crippen LogP contribution >= 0.6 is 11.3 Å². The van der Waals surface area contributed by atoms with Gasteiger partial charge in [0, 0.05) is 22.5 Å². The minimum atomic E-state index is 0.734. The minimum Gasteiger partial charge on any atom is -0.298 e. The lowest BCUT2D eigenvalue weighted by molar-refractivity contribution is 0.112. The van der Waals surface area contributed by atoms with Crippen molar-refractivity contribution >= 4 is 27.8 Å². The van der Waals surface area contributed by atoms with Crippen molar-refractivity contribution < 1.29 is 4.79 Å². The van der Waals surface area contributed by atoms with Crippen LogP contribution in [-0.2, 0) is 0 Å². The Morgan fingerprint density at radius 1 is 1.55 bits per heavy atom. The molecular formula is C8H5NOS. The van der Waals surface area contributed by atoms with Crippen molar-refractivity contribution in [2.75, 3.05) is 0 Å². The molecule has 54 valence electrons. The zero-order valence-corrected chi connectivity index (χ0v) is 6.47. The molecule has 0 radical (unpaired) electrons. The van der Waals surface area contributed by atoms with Crippen LogP contribution in [0.25, 0.3) is 10.2 Å². The van der Waals surface area contributed by atoms with Gasteiger partial charge in [0.1, 0.15) is 4.83 Å². The third kappa shape index (κ3) is 0.935. The zero-order chi connectivity index (χ0) is 7.68. The fraction of sp³-hybridized carbons (Fsp3) is 0. The molecule has 2 heterocycles. The van der Waals surface area contributed by atoms with Crippen LogP contribution in [0.15, 0.2) is 23.7 Å². The van der Waals surface area contributed by atoms with Gasteiger partial charge in [0.2, 0.25) is 0 Å². The summed E-state index contributed by atoms with van der Waals surface area (Å²) in [5.74, 6) is 0. The largest absolute Gasteiger partial charge is 0.298 e. The first-order valence-corrected chi connectivity index (χ1v) is 4.07. The number of aromatic nitrogens is 1. The first kappa shape index (κ1) is 6.49. The van der Waals surface area contributed by atoms with Crippen LogP contribution in [0, 0.1) is 0 Å². The molecule has 0 aromatic carbocycles. The van der Waals surface area contributed by atoms with Crippen LogP contribution in [-0.4, -0.2) is 11.3 Å². The Kier molecular flexibility index (Phi) is 1.43. The molecule has 0 unspecified atom stereocenters. The average molecular weight is 163 g/mol. The number of fused-ring (bicyclic) bond motifs is 1. The molecule has 0 aliphatic carbocycles. The molecule has 2 rings (SSSR count). The van der Waals surface area contributed by atoms with Gasteiger partial charge in [-0.1, -0.05) is 0 Å². The molecule has 0 atom stereocenters. The van der Waals surface area contributed by atoms with Crippen LogP contribution in [0.1, 0.15) is 10.4 Å². The Hall–Kier alpha value is -1.22. The normalized spacial score (nSPS) is 10.2. The second-order valence-electron chi connectivity index (χ2n) is 2.17. The number of carbonyl (C=O) groups excluding carboxylic acids is 1. The number of pyridine rings is 1. The van der Waals surface area contributed by atoms with E-state index in [0.717, 1.165) is 22.1 Å². The predicted molar refractivity (Wildman–Crippen MR) is 45.0 cm³/mol. The van der Waals surface area contributed by atoms with Crippen LogP contribution in [0.4, 0.5) is 0 Å². The van der Waals surface area contributed by atoms with E-state index in [9.17, 15) is 4.79 Å². The van der Waals surface area contributed by atoms with E-state index in [4.69, 9.17) is 0 Å². The van der Waals surface area contributed by atoms with Crippen molar-refractivity contribution in [2.24, 2.45) is 0 Å². The van der Waals surface area contributed by atoms with E-state index < -0.39 is 0 Å². The molecule has 0 fully saturated rings. The van der Waals surface area contributed by atoms with Gasteiger partial charge in [-0.25, -0.2) is 4.98 Å². The molecule has 3 heteroatoms. The summed E-state index contributed by atoms with van der Waals surface area (Å²) in [5, 5.41) is 2.78. The summed E-state index contributed by atoms with van der Waals surface area (Å²) in [4.78, 5) is 15.5. The van der Waals surface area contributed by atoms with Crippen molar-refractivity contribution in [3.05, 3.63) is 29.3 Å². The quantitative estimate of drug-likeness (QED) is 0.602. The first-order valence-electron chi connectivity index (χ1n) is 3.19. The molecule has 0 aliphatic heterocycles. The highest BCUT2D eigenvalue weighted by atomic mass is 32.1. The van der Waals surface area contributed by atoms with Crippen LogP contribution in [0.5, 0.6) is 0 Å². The number of thiophene rings is 1. The molecule has 0 saturated heterocycles. The van der Waals surface area contributed by atoms with E-state index in [1.807, 2.05) is 17.5 Å². The van der Waals surface area contributed by atoms with E-state index in [1.54, 1.807) is 6.20 Å². The number of hydrogen-bond donors (Lipinski definition) is 0. The van der Waals surface area contributed by atoms with Gasteiger partial charge < -0.3 is 0 Å². The standard InChI is InChI=1S/C8H5NOS/c10-4-6-5-11-8-7(6)2-1-3-9-8/h1-5H. The summed E-state index contributed by atoms with van der Waals surface area (Å²) in [6, 6.07) is 3.74. The van der Waals surface area contributed by atoms with Gasteiger partial charge in [0.15, 0.2) is 6.29 Å². The van der Waals surface area contributed by atoms with Gasteiger partial charge in [-0.05, 0) is 12.1 Å². The lowest BCUT2D eigenvalue weighted by atomic mass is 10.2. The lowest BCUT2D eigenvalue weighted by Gasteiger charge is -1.85. The highest BCUT2D eigenvalue weighted by Gasteiger charge is 2.00. The van der Waals surface area contributed by atoms with E-state index >= 15 is 0 Å². The number of hydrogen-bond acceptors (Lipinski definition) is 3. The summed E-state index contributed by atoms with van der Waals surface area (Å²) < 4.78 is 0. The summed E-state index contributed by atoms with van der Waals surface area (Å²) in [6.07, 6.45) is 2.59. The Bertz CT molecular complexity index is 394. The SMILES string of the molecule is O=Cc1csc2ncccc12. The van der Waals surface area contributed by atoms with Crippen LogP contribution < -0.4 is 0 Å². The lowest BCUT2D eigenvalue weighted by Crippen LogP contribution is -1.74. The maximum Gasteiger partial charge on any atom is 0.151 e. The van der Waals surface area contributed by atoms with Gasteiger partial charge in [-0.15, -0.1) is 11.3 Å². The Balaban J connectivity index is 2.86. The van der Waals surface area contributed by atoms with Crippen molar-refractivity contribution in [3.63, 3.8) is 0 Å². The molecular weight excluding hydrogens is 158 g/mol. The van der Waals surface area contributed by atoms with E-state index in [1.165, 1.54) is 11.3 Å². The Morgan fingerprint density at radius 2 is 2.45 bits per heavy atom. The van der Waals surface area contributed by atoms with Gasteiger partial charge in [0.25, 0.3) is 0 Å². The van der Waals surface area contributed by atoms with Gasteiger partial charge in [-0.3, -0.25) is 4.79 Å². The fourth-order valence-electron chi connectivity index (χ4n) is 0.978. The molecule has 11 heavy (non-hydrogen) atoms. The number of aldehydes is 1. The third-order valence-electron chi connectivity index (χ3n) is 1.51. The second kappa shape index (κ2) is 2.43. The molecule has 0 spiro atoms. The van der Waals surface area contributed by atoms with Crippen molar-refractivity contribution in [2.45, 2.75) is 0 Å². The predicted octanol–water partition coefficient (Wildman–Crippen LogP) is 2.11. The van der Waals surface area contributed by atoms with E-state index in [2.05, 4.69) is 4.98 Å². The summed E-state index contributed by atoms with van der Waals surface area (Å²) in [5.41, 5.74) is 0.734. The minimum absolute atomic E-state index is 0.734. The molecule has 0 amide bonds. The van der Waals surface area contributed by atoms with E-state index in [0.29, 0.717) is 0 Å². The number of nitrogens with zero attached hydrogens (tertiary/aromatic N) is 1. The Labute approximate surface area is 67.5 Å². The van der Waals surface area contributed by atoms with Gasteiger partial charge >= 0.3 is 0 Å². The van der Waals surface area contributed by atoms with Gasteiger partial charge in [0.05, 0.1) is 0 Å². The van der Waals surface area contributed by atoms with Crippen LogP contribution in [0.2, 0.25) is 0 Å². The highest BCUT2D eigenvalue weighted by Crippen LogP contribution is 2.21. The average Bonchev–Trinajstić information content (AvgIpc) is 2.47. The smallest absolute Gasteiger partial charge is 0.151 e. The zero-order valence-electron chi connectivity index (χ0n) is 5.65. The number of carbonyl (C=O) groups is 1. The highest BCUT2D eigenvalue weighted by molar-refractivity contribution is 7.17.